The molecule has 0 spiro atoms. The van der Waals surface area contributed by atoms with Gasteiger partial charge in [0.05, 0.1) is 35.5 Å². The summed E-state index contributed by atoms with van der Waals surface area (Å²) in [5, 5.41) is 11.9. The Kier molecular flexibility index (Phi) is 6.23. The zero-order valence-corrected chi connectivity index (χ0v) is 22.5. The minimum Gasteiger partial charge on any atom is -0.507 e. The molecule has 4 aromatic rings. The first-order chi connectivity index (χ1) is 18.9. The van der Waals surface area contributed by atoms with Crippen molar-refractivity contribution in [3.63, 3.8) is 0 Å². The first kappa shape index (κ1) is 24.9. The Labute approximate surface area is 229 Å². The highest BCUT2D eigenvalue weighted by molar-refractivity contribution is 7.22. The second kappa shape index (κ2) is 9.74. The number of hydrogen-bond acceptors (Lipinski definition) is 8. The first-order valence-corrected chi connectivity index (χ1v) is 13.5. The van der Waals surface area contributed by atoms with Crippen LogP contribution in [0.15, 0.2) is 66.2 Å². The Hall–Kier alpha value is -4.37. The standard InChI is InChI=1S/C30H26N2O6S/c1-4-37-20-8-5-17(6-9-20)26-25(27(33)18-7-12-23-19(14-18)13-16(2)38-23)28(34)29(35)32(26)30-31-22-11-10-21(36-3)15-24(22)39-30/h5-12,14-16,26,33H,4,13H2,1-3H3/b27-25+/t16-,26-/m1/s1. The van der Waals surface area contributed by atoms with E-state index >= 15 is 0 Å². The number of carbonyl (C=O) groups is 2. The maximum atomic E-state index is 13.6. The molecular weight excluding hydrogens is 516 g/mol. The number of ketones is 1. The summed E-state index contributed by atoms with van der Waals surface area (Å²) in [5.41, 5.74) is 2.73. The summed E-state index contributed by atoms with van der Waals surface area (Å²) in [4.78, 5) is 33.2. The van der Waals surface area contributed by atoms with Gasteiger partial charge in [0.25, 0.3) is 5.78 Å². The molecule has 3 aromatic carbocycles. The average molecular weight is 543 g/mol. The molecule has 1 aromatic heterocycles. The third-order valence-corrected chi connectivity index (χ3v) is 7.93. The topological polar surface area (TPSA) is 98.2 Å². The maximum Gasteiger partial charge on any atom is 0.301 e. The molecule has 39 heavy (non-hydrogen) atoms. The number of Topliss-reactive ketones (excluding diaryl/α,β-unsaturated/α-hetero) is 1. The number of thiazole rings is 1. The summed E-state index contributed by atoms with van der Waals surface area (Å²) in [6.07, 6.45) is 0.729. The molecule has 2 aliphatic heterocycles. The van der Waals surface area contributed by atoms with Crippen molar-refractivity contribution >= 4 is 44.1 Å². The average Bonchev–Trinajstić information content (AvgIpc) is 3.60. The summed E-state index contributed by atoms with van der Waals surface area (Å²) >= 11 is 1.28. The molecule has 1 saturated heterocycles. The SMILES string of the molecule is CCOc1ccc([C@@H]2/C(=C(\O)c3ccc4c(c3)C[C@@H](C)O4)C(=O)C(=O)N2c2nc3ccc(OC)cc3s2)cc1. The van der Waals surface area contributed by atoms with Crippen molar-refractivity contribution in [2.75, 3.05) is 18.6 Å². The Balaban J connectivity index is 1.51. The van der Waals surface area contributed by atoms with Gasteiger partial charge in [-0.05, 0) is 73.5 Å². The summed E-state index contributed by atoms with van der Waals surface area (Å²) in [6, 6.07) is 17.1. The fourth-order valence-corrected chi connectivity index (χ4v) is 6.13. The van der Waals surface area contributed by atoms with Crippen LogP contribution in [-0.4, -0.2) is 41.6 Å². The number of carbonyl (C=O) groups excluding carboxylic acids is 2. The van der Waals surface area contributed by atoms with Gasteiger partial charge in [-0.1, -0.05) is 23.5 Å². The van der Waals surface area contributed by atoms with Gasteiger partial charge in [0.1, 0.15) is 29.1 Å². The van der Waals surface area contributed by atoms with Crippen LogP contribution < -0.4 is 19.1 Å². The van der Waals surface area contributed by atoms with Crippen LogP contribution in [-0.2, 0) is 16.0 Å². The number of methoxy groups -OCH3 is 1. The van der Waals surface area contributed by atoms with Gasteiger partial charge in [0.15, 0.2) is 5.13 Å². The number of aliphatic hydroxyl groups is 1. The molecule has 198 valence electrons. The fraction of sp³-hybridized carbons (Fsp3) is 0.233. The maximum absolute atomic E-state index is 13.6. The smallest absolute Gasteiger partial charge is 0.301 e. The van der Waals surface area contributed by atoms with E-state index in [-0.39, 0.29) is 17.4 Å². The van der Waals surface area contributed by atoms with Crippen molar-refractivity contribution in [2.24, 2.45) is 0 Å². The second-order valence-electron chi connectivity index (χ2n) is 9.46. The number of rotatable bonds is 6. The van der Waals surface area contributed by atoms with Gasteiger partial charge in [-0.25, -0.2) is 4.98 Å². The van der Waals surface area contributed by atoms with Crippen molar-refractivity contribution in [3.8, 4) is 17.2 Å². The number of amides is 1. The van der Waals surface area contributed by atoms with Crippen LogP contribution in [0.2, 0.25) is 0 Å². The summed E-state index contributed by atoms with van der Waals surface area (Å²) in [6.45, 7) is 4.38. The summed E-state index contributed by atoms with van der Waals surface area (Å²) in [7, 11) is 1.58. The van der Waals surface area contributed by atoms with E-state index in [1.165, 1.54) is 16.2 Å². The second-order valence-corrected chi connectivity index (χ2v) is 10.5. The molecule has 1 amide bonds. The molecule has 0 aliphatic carbocycles. The van der Waals surface area contributed by atoms with Crippen molar-refractivity contribution < 1.29 is 28.9 Å². The Morgan fingerprint density at radius 3 is 2.62 bits per heavy atom. The number of nitrogens with zero attached hydrogens (tertiary/aromatic N) is 2. The number of ether oxygens (including phenoxy) is 3. The lowest BCUT2D eigenvalue weighted by molar-refractivity contribution is -0.132. The quantitative estimate of drug-likeness (QED) is 0.191. The molecule has 6 rings (SSSR count). The molecule has 2 aliphatic rings. The molecule has 0 saturated carbocycles. The predicted octanol–water partition coefficient (Wildman–Crippen LogP) is 5.65. The van der Waals surface area contributed by atoms with E-state index in [4.69, 9.17) is 14.2 Å². The van der Waals surface area contributed by atoms with E-state index in [1.807, 2.05) is 32.0 Å². The number of aromatic nitrogens is 1. The van der Waals surface area contributed by atoms with Crippen LogP contribution in [0.1, 0.15) is 36.6 Å². The Morgan fingerprint density at radius 1 is 1.10 bits per heavy atom. The molecule has 1 fully saturated rings. The van der Waals surface area contributed by atoms with E-state index in [0.717, 1.165) is 16.0 Å². The lowest BCUT2D eigenvalue weighted by Crippen LogP contribution is -2.29. The van der Waals surface area contributed by atoms with Gasteiger partial charge in [-0.15, -0.1) is 0 Å². The monoisotopic (exact) mass is 542 g/mol. The summed E-state index contributed by atoms with van der Waals surface area (Å²) in [5.74, 6) is 0.330. The zero-order chi connectivity index (χ0) is 27.3. The van der Waals surface area contributed by atoms with Crippen molar-refractivity contribution in [1.29, 1.82) is 0 Å². The third-order valence-electron chi connectivity index (χ3n) is 6.91. The van der Waals surface area contributed by atoms with Gasteiger partial charge in [0.2, 0.25) is 0 Å². The van der Waals surface area contributed by atoms with Crippen LogP contribution in [0.25, 0.3) is 16.0 Å². The van der Waals surface area contributed by atoms with Crippen LogP contribution >= 0.6 is 11.3 Å². The van der Waals surface area contributed by atoms with Crippen LogP contribution in [0, 0.1) is 0 Å². The molecule has 0 radical (unpaired) electrons. The Morgan fingerprint density at radius 2 is 1.87 bits per heavy atom. The zero-order valence-electron chi connectivity index (χ0n) is 21.6. The molecule has 9 heteroatoms. The highest BCUT2D eigenvalue weighted by Crippen LogP contribution is 2.45. The number of hydrogen-bond donors (Lipinski definition) is 1. The lowest BCUT2D eigenvalue weighted by atomic mass is 9.94. The van der Waals surface area contributed by atoms with Gasteiger partial charge in [-0.3, -0.25) is 14.5 Å². The van der Waals surface area contributed by atoms with E-state index in [1.54, 1.807) is 49.6 Å². The molecule has 3 heterocycles. The lowest BCUT2D eigenvalue weighted by Gasteiger charge is -2.23. The van der Waals surface area contributed by atoms with Gasteiger partial charge < -0.3 is 19.3 Å². The Bertz CT molecular complexity index is 1640. The van der Waals surface area contributed by atoms with Crippen LogP contribution in [0.4, 0.5) is 5.13 Å². The number of anilines is 1. The number of fused-ring (bicyclic) bond motifs is 2. The van der Waals surface area contributed by atoms with Crippen molar-refractivity contribution in [2.45, 2.75) is 32.4 Å². The predicted molar refractivity (Wildman–Crippen MR) is 149 cm³/mol. The van der Waals surface area contributed by atoms with E-state index < -0.39 is 17.7 Å². The van der Waals surface area contributed by atoms with Crippen molar-refractivity contribution in [1.82, 2.24) is 4.98 Å². The van der Waals surface area contributed by atoms with Crippen molar-refractivity contribution in [3.05, 3.63) is 82.9 Å². The van der Waals surface area contributed by atoms with E-state index in [9.17, 15) is 14.7 Å². The van der Waals surface area contributed by atoms with Gasteiger partial charge in [-0.2, -0.15) is 0 Å². The molecule has 8 nitrogen and oxygen atoms in total. The first-order valence-electron chi connectivity index (χ1n) is 12.7. The van der Waals surface area contributed by atoms with Gasteiger partial charge >= 0.3 is 5.91 Å². The fourth-order valence-electron chi connectivity index (χ4n) is 5.11. The minimum absolute atomic E-state index is 0.00732. The van der Waals surface area contributed by atoms with E-state index in [2.05, 4.69) is 4.98 Å². The number of aliphatic hydroxyl groups excluding tert-OH is 1. The molecular formula is C30H26N2O6S. The largest absolute Gasteiger partial charge is 0.507 e. The third kappa shape index (κ3) is 4.28. The van der Waals surface area contributed by atoms with Crippen LogP contribution in [0.5, 0.6) is 17.2 Å². The minimum atomic E-state index is -0.883. The number of benzene rings is 3. The highest BCUT2D eigenvalue weighted by Gasteiger charge is 2.48. The van der Waals surface area contributed by atoms with E-state index in [0.29, 0.717) is 46.3 Å². The van der Waals surface area contributed by atoms with Gasteiger partial charge in [0, 0.05) is 12.0 Å². The molecule has 0 unspecified atom stereocenters. The molecule has 1 N–H and O–H groups in total. The summed E-state index contributed by atoms with van der Waals surface area (Å²) < 4.78 is 17.5. The molecule has 2 atom stereocenters. The van der Waals surface area contributed by atoms with Crippen LogP contribution in [0.3, 0.4) is 0 Å². The molecule has 0 bridgehead atoms. The highest BCUT2D eigenvalue weighted by atomic mass is 32.1. The normalized spacial score (nSPS) is 19.8.